The lowest BCUT2D eigenvalue weighted by molar-refractivity contribution is 0.208. The molecule has 0 saturated carbocycles. The van der Waals surface area contributed by atoms with Crippen molar-refractivity contribution in [3.8, 4) is 0 Å². The third kappa shape index (κ3) is 5.61. The molecule has 0 aromatic heterocycles. The molecule has 0 bridgehead atoms. The lowest BCUT2D eigenvalue weighted by Gasteiger charge is -2.36. The third-order valence-corrected chi connectivity index (χ3v) is 5.44. The van der Waals surface area contributed by atoms with Crippen molar-refractivity contribution in [3.05, 3.63) is 59.1 Å². The van der Waals surface area contributed by atoms with Gasteiger partial charge in [-0.1, -0.05) is 29.8 Å². The van der Waals surface area contributed by atoms with Gasteiger partial charge in [0.05, 0.1) is 5.75 Å². The fourth-order valence-corrected chi connectivity index (χ4v) is 4.05. The molecular formula is C19H22ClN3O3S. The smallest absolute Gasteiger partial charge is 0.321 e. The van der Waals surface area contributed by atoms with Crippen LogP contribution < -0.4 is 10.2 Å². The minimum absolute atomic E-state index is 0.0466. The Balaban J connectivity index is 1.58. The van der Waals surface area contributed by atoms with Crippen molar-refractivity contribution >= 4 is 38.8 Å². The molecule has 3 rings (SSSR count). The summed E-state index contributed by atoms with van der Waals surface area (Å²) in [6, 6.07) is 14.4. The Labute approximate surface area is 164 Å². The van der Waals surface area contributed by atoms with Crippen LogP contribution in [0, 0.1) is 0 Å². The number of hydrogen-bond donors (Lipinski definition) is 1. The third-order valence-electron chi connectivity index (χ3n) is 4.35. The molecule has 0 spiro atoms. The van der Waals surface area contributed by atoms with Gasteiger partial charge in [0.15, 0.2) is 9.84 Å². The SMILES string of the molecule is CS(=O)(=O)Cc1cccc(NC(=O)N2CCN(c3cccc(Cl)c3)CC2)c1. The molecule has 6 nitrogen and oxygen atoms in total. The van der Waals surface area contributed by atoms with Crippen molar-refractivity contribution in [1.29, 1.82) is 0 Å². The first-order valence-corrected chi connectivity index (χ1v) is 11.1. The number of rotatable bonds is 4. The van der Waals surface area contributed by atoms with Gasteiger partial charge >= 0.3 is 6.03 Å². The van der Waals surface area contributed by atoms with E-state index in [1.807, 2.05) is 24.3 Å². The van der Waals surface area contributed by atoms with Crippen molar-refractivity contribution < 1.29 is 13.2 Å². The Kier molecular flexibility index (Phi) is 5.92. The van der Waals surface area contributed by atoms with E-state index in [1.165, 1.54) is 6.26 Å². The fourth-order valence-electron chi connectivity index (χ4n) is 3.08. The van der Waals surface area contributed by atoms with Gasteiger partial charge in [-0.3, -0.25) is 0 Å². The molecule has 1 aliphatic rings. The van der Waals surface area contributed by atoms with Crippen LogP contribution in [0.15, 0.2) is 48.5 Å². The highest BCUT2D eigenvalue weighted by Gasteiger charge is 2.21. The number of carbonyl (C=O) groups excluding carboxylic acids is 1. The molecule has 8 heteroatoms. The first-order valence-electron chi connectivity index (χ1n) is 8.63. The zero-order valence-electron chi connectivity index (χ0n) is 15.1. The van der Waals surface area contributed by atoms with Crippen LogP contribution in [0.2, 0.25) is 5.02 Å². The fraction of sp³-hybridized carbons (Fsp3) is 0.316. The van der Waals surface area contributed by atoms with E-state index >= 15 is 0 Å². The zero-order valence-corrected chi connectivity index (χ0v) is 16.6. The van der Waals surface area contributed by atoms with Crippen LogP contribution >= 0.6 is 11.6 Å². The zero-order chi connectivity index (χ0) is 19.4. The lowest BCUT2D eigenvalue weighted by Crippen LogP contribution is -2.50. The summed E-state index contributed by atoms with van der Waals surface area (Å²) in [7, 11) is -3.12. The molecule has 27 heavy (non-hydrogen) atoms. The van der Waals surface area contributed by atoms with Crippen LogP contribution in [0.1, 0.15) is 5.56 Å². The second kappa shape index (κ2) is 8.19. The number of carbonyl (C=O) groups is 1. The van der Waals surface area contributed by atoms with Gasteiger partial charge in [-0.25, -0.2) is 13.2 Å². The molecule has 1 fully saturated rings. The standard InChI is InChI=1S/C19H22ClN3O3S/c1-27(25,26)14-15-4-2-6-17(12-15)21-19(24)23-10-8-22(9-11-23)18-7-3-5-16(20)13-18/h2-7,12-13H,8-11,14H2,1H3,(H,21,24). The summed E-state index contributed by atoms with van der Waals surface area (Å²) in [4.78, 5) is 16.5. The number of benzene rings is 2. The normalized spacial score (nSPS) is 14.9. The molecule has 0 aliphatic carbocycles. The summed E-state index contributed by atoms with van der Waals surface area (Å²) >= 11 is 6.05. The Hall–Kier alpha value is -2.25. The van der Waals surface area contributed by atoms with E-state index in [1.54, 1.807) is 29.2 Å². The second-order valence-electron chi connectivity index (χ2n) is 6.65. The number of urea groups is 1. The van der Waals surface area contributed by atoms with Gasteiger partial charge in [-0.05, 0) is 35.9 Å². The van der Waals surface area contributed by atoms with Gasteiger partial charge in [0.2, 0.25) is 0 Å². The summed E-state index contributed by atoms with van der Waals surface area (Å²) in [6.45, 7) is 2.65. The van der Waals surface area contributed by atoms with Crippen molar-refractivity contribution in [2.45, 2.75) is 5.75 Å². The van der Waals surface area contributed by atoms with E-state index in [9.17, 15) is 13.2 Å². The summed E-state index contributed by atoms with van der Waals surface area (Å²) in [5.41, 5.74) is 2.30. The highest BCUT2D eigenvalue weighted by molar-refractivity contribution is 7.89. The second-order valence-corrected chi connectivity index (χ2v) is 9.23. The van der Waals surface area contributed by atoms with Crippen LogP contribution in [0.4, 0.5) is 16.2 Å². The predicted octanol–water partition coefficient (Wildman–Crippen LogP) is 3.24. The predicted molar refractivity (Wildman–Crippen MR) is 109 cm³/mol. The van der Waals surface area contributed by atoms with Crippen molar-refractivity contribution in [3.63, 3.8) is 0 Å². The number of halogens is 1. The molecule has 0 unspecified atom stereocenters. The number of amides is 2. The number of nitrogens with zero attached hydrogens (tertiary/aromatic N) is 2. The number of sulfone groups is 1. The van der Waals surface area contributed by atoms with Crippen LogP contribution in [-0.4, -0.2) is 51.8 Å². The van der Waals surface area contributed by atoms with Crippen LogP contribution in [0.3, 0.4) is 0 Å². The number of anilines is 2. The molecule has 1 heterocycles. The van der Waals surface area contributed by atoms with E-state index in [4.69, 9.17) is 11.6 Å². The van der Waals surface area contributed by atoms with Crippen molar-refractivity contribution in [2.75, 3.05) is 42.7 Å². The Morgan fingerprint density at radius 3 is 2.44 bits per heavy atom. The maximum absolute atomic E-state index is 12.5. The van der Waals surface area contributed by atoms with Gasteiger partial charge in [0, 0.05) is 48.8 Å². The molecular weight excluding hydrogens is 386 g/mol. The van der Waals surface area contributed by atoms with Crippen molar-refractivity contribution in [1.82, 2.24) is 4.90 Å². The van der Waals surface area contributed by atoms with E-state index in [0.29, 0.717) is 29.4 Å². The van der Waals surface area contributed by atoms with Crippen LogP contribution in [0.25, 0.3) is 0 Å². The minimum Gasteiger partial charge on any atom is -0.368 e. The van der Waals surface area contributed by atoms with Gasteiger partial charge in [0.1, 0.15) is 0 Å². The van der Waals surface area contributed by atoms with Gasteiger partial charge in [-0.15, -0.1) is 0 Å². The summed E-state index contributed by atoms with van der Waals surface area (Å²) < 4.78 is 22.9. The van der Waals surface area contributed by atoms with Gasteiger partial charge in [0.25, 0.3) is 0 Å². The number of hydrogen-bond acceptors (Lipinski definition) is 4. The minimum atomic E-state index is -3.12. The first kappa shape index (κ1) is 19.5. The maximum atomic E-state index is 12.5. The first-order chi connectivity index (χ1) is 12.8. The van der Waals surface area contributed by atoms with E-state index in [0.717, 1.165) is 18.8 Å². The largest absolute Gasteiger partial charge is 0.368 e. The Morgan fingerprint density at radius 2 is 1.78 bits per heavy atom. The van der Waals surface area contributed by atoms with E-state index in [-0.39, 0.29) is 11.8 Å². The molecule has 1 N–H and O–H groups in total. The Bertz CT molecular complexity index is 925. The highest BCUT2D eigenvalue weighted by Crippen LogP contribution is 2.21. The van der Waals surface area contributed by atoms with Crippen molar-refractivity contribution in [2.24, 2.45) is 0 Å². The average molecular weight is 408 g/mol. The molecule has 1 aliphatic heterocycles. The lowest BCUT2D eigenvalue weighted by atomic mass is 10.2. The Morgan fingerprint density at radius 1 is 1.07 bits per heavy atom. The van der Waals surface area contributed by atoms with Crippen LogP contribution in [-0.2, 0) is 15.6 Å². The number of nitrogens with one attached hydrogen (secondary N) is 1. The average Bonchev–Trinajstić information content (AvgIpc) is 2.61. The molecule has 2 aromatic rings. The van der Waals surface area contributed by atoms with Gasteiger partial charge < -0.3 is 15.1 Å². The summed E-state index contributed by atoms with van der Waals surface area (Å²) in [5.74, 6) is -0.0466. The molecule has 2 aromatic carbocycles. The van der Waals surface area contributed by atoms with E-state index in [2.05, 4.69) is 10.2 Å². The quantitative estimate of drug-likeness (QED) is 0.844. The molecule has 1 saturated heterocycles. The molecule has 2 amide bonds. The summed E-state index contributed by atoms with van der Waals surface area (Å²) in [5, 5.41) is 3.55. The maximum Gasteiger partial charge on any atom is 0.321 e. The molecule has 144 valence electrons. The van der Waals surface area contributed by atoms with Crippen LogP contribution in [0.5, 0.6) is 0 Å². The molecule has 0 radical (unpaired) electrons. The monoisotopic (exact) mass is 407 g/mol. The molecule has 0 atom stereocenters. The number of piperazine rings is 1. The van der Waals surface area contributed by atoms with E-state index < -0.39 is 9.84 Å². The topological polar surface area (TPSA) is 69.7 Å². The van der Waals surface area contributed by atoms with Gasteiger partial charge in [-0.2, -0.15) is 0 Å². The highest BCUT2D eigenvalue weighted by atomic mass is 35.5. The summed E-state index contributed by atoms with van der Waals surface area (Å²) in [6.07, 6.45) is 1.19.